The van der Waals surface area contributed by atoms with E-state index in [2.05, 4.69) is 34.4 Å². The van der Waals surface area contributed by atoms with Crippen LogP contribution in [0, 0.1) is 5.92 Å². The Hall–Kier alpha value is -1.44. The maximum absolute atomic E-state index is 4.15. The molecule has 2 unspecified atom stereocenters. The van der Waals surface area contributed by atoms with Crippen molar-refractivity contribution in [1.82, 2.24) is 4.98 Å². The summed E-state index contributed by atoms with van der Waals surface area (Å²) in [6.07, 6.45) is 11.1. The quantitative estimate of drug-likeness (QED) is 0.632. The molecule has 1 saturated carbocycles. The number of hydrogen-bond donors (Lipinski definition) is 0. The Morgan fingerprint density at radius 3 is 2.92 bits per heavy atom. The van der Waals surface area contributed by atoms with Gasteiger partial charge in [0.2, 0.25) is 0 Å². The van der Waals surface area contributed by atoms with Crippen molar-refractivity contribution in [3.63, 3.8) is 0 Å². The van der Waals surface area contributed by atoms with Gasteiger partial charge < -0.3 is 0 Å². The lowest BCUT2D eigenvalue weighted by Gasteiger charge is -2.12. The molecule has 13 heavy (non-hydrogen) atoms. The average Bonchev–Trinajstić information content (AvgIpc) is 2.94. The van der Waals surface area contributed by atoms with Crippen molar-refractivity contribution in [3.05, 3.63) is 42.4 Å². The van der Waals surface area contributed by atoms with Gasteiger partial charge in [-0.2, -0.15) is 0 Å². The lowest BCUT2D eigenvalue weighted by Crippen LogP contribution is -2.09. The first-order chi connectivity index (χ1) is 6.42. The van der Waals surface area contributed by atoms with E-state index in [9.17, 15) is 0 Å². The number of allylic oxidation sites excluding steroid dienone is 1. The van der Waals surface area contributed by atoms with Crippen molar-refractivity contribution in [2.24, 2.45) is 10.9 Å². The highest BCUT2D eigenvalue weighted by molar-refractivity contribution is 5.73. The summed E-state index contributed by atoms with van der Waals surface area (Å²) in [5.74, 6) is 0.625. The van der Waals surface area contributed by atoms with Crippen LogP contribution < -0.4 is 0 Å². The molecule has 2 nitrogen and oxygen atoms in total. The largest absolute Gasteiger partial charge is 0.269 e. The van der Waals surface area contributed by atoms with Crippen molar-refractivity contribution < 1.29 is 0 Å². The van der Waals surface area contributed by atoms with Gasteiger partial charge in [0.25, 0.3) is 0 Å². The second kappa shape index (κ2) is 2.28. The van der Waals surface area contributed by atoms with Crippen LogP contribution in [0.25, 0.3) is 0 Å². The van der Waals surface area contributed by atoms with Gasteiger partial charge in [-0.15, -0.1) is 0 Å². The normalized spacial score (nSPS) is 34.3. The minimum Gasteiger partial charge on any atom is -0.269 e. The van der Waals surface area contributed by atoms with Gasteiger partial charge in [-0.05, 0) is 24.1 Å². The molecule has 1 aliphatic carbocycles. The van der Waals surface area contributed by atoms with E-state index in [-0.39, 0.29) is 5.41 Å². The highest BCUT2D eigenvalue weighted by Crippen LogP contribution is 2.55. The van der Waals surface area contributed by atoms with Crippen LogP contribution in [0.15, 0.2) is 41.8 Å². The highest BCUT2D eigenvalue weighted by Gasteiger charge is 2.53. The topological polar surface area (TPSA) is 25.2 Å². The molecule has 0 saturated heterocycles. The average molecular weight is 170 g/mol. The monoisotopic (exact) mass is 170 g/mol. The number of aliphatic imine (C=N–C) groups is 1. The summed E-state index contributed by atoms with van der Waals surface area (Å²) in [7, 11) is 0. The molecule has 0 spiro atoms. The van der Waals surface area contributed by atoms with Gasteiger partial charge >= 0.3 is 0 Å². The number of rotatable bonds is 1. The van der Waals surface area contributed by atoms with Gasteiger partial charge in [-0.1, -0.05) is 6.08 Å². The van der Waals surface area contributed by atoms with Gasteiger partial charge in [0.1, 0.15) is 0 Å². The smallest absolute Gasteiger partial charge is 0.0270 e. The molecule has 1 aromatic rings. The molecule has 1 aromatic heterocycles. The highest BCUT2D eigenvalue weighted by atomic mass is 14.8. The molecule has 0 radical (unpaired) electrons. The molecule has 0 bridgehead atoms. The van der Waals surface area contributed by atoms with E-state index >= 15 is 0 Å². The van der Waals surface area contributed by atoms with Gasteiger partial charge in [0, 0.05) is 36.1 Å². The lowest BCUT2D eigenvalue weighted by molar-refractivity contribution is 0.836. The molecule has 2 atom stereocenters. The fraction of sp³-hybridized carbons (Fsp3) is 0.273. The lowest BCUT2D eigenvalue weighted by atomic mass is 9.93. The second-order valence-electron chi connectivity index (χ2n) is 3.70. The van der Waals surface area contributed by atoms with E-state index in [1.54, 1.807) is 0 Å². The first kappa shape index (κ1) is 7.01. The van der Waals surface area contributed by atoms with E-state index in [1.165, 1.54) is 12.0 Å². The van der Waals surface area contributed by atoms with Gasteiger partial charge in [0.05, 0.1) is 0 Å². The Morgan fingerprint density at radius 1 is 1.31 bits per heavy atom. The molecule has 3 rings (SSSR count). The van der Waals surface area contributed by atoms with Crippen molar-refractivity contribution >= 4 is 6.21 Å². The fourth-order valence-corrected chi connectivity index (χ4v) is 2.10. The van der Waals surface area contributed by atoms with Crippen molar-refractivity contribution in [3.8, 4) is 0 Å². The Morgan fingerprint density at radius 2 is 2.15 bits per heavy atom. The molecule has 64 valence electrons. The van der Waals surface area contributed by atoms with Crippen molar-refractivity contribution in [2.75, 3.05) is 0 Å². The van der Waals surface area contributed by atoms with Crippen LogP contribution in [-0.2, 0) is 5.41 Å². The van der Waals surface area contributed by atoms with Crippen molar-refractivity contribution in [1.29, 1.82) is 0 Å². The van der Waals surface area contributed by atoms with E-state index in [4.69, 9.17) is 0 Å². The Kier molecular flexibility index (Phi) is 1.23. The molecule has 2 heteroatoms. The van der Waals surface area contributed by atoms with Crippen LogP contribution in [0.3, 0.4) is 0 Å². The number of hydrogen-bond acceptors (Lipinski definition) is 2. The molecule has 1 fully saturated rings. The molecule has 0 amide bonds. The summed E-state index contributed by atoms with van der Waals surface area (Å²) in [4.78, 5) is 8.18. The number of fused-ring (bicyclic) bond motifs is 1. The predicted molar refractivity (Wildman–Crippen MR) is 51.7 cm³/mol. The van der Waals surface area contributed by atoms with Crippen LogP contribution in [0.2, 0.25) is 0 Å². The maximum Gasteiger partial charge on any atom is 0.0270 e. The third-order valence-corrected chi connectivity index (χ3v) is 3.00. The maximum atomic E-state index is 4.15. The Bertz CT molecular complexity index is 380. The predicted octanol–water partition coefficient (Wildman–Crippen LogP) is 1.94. The minimum atomic E-state index is 0.269. The molecule has 1 aliphatic heterocycles. The SMILES string of the molecule is C1=CC2(c3ccncc3)CC2C=N1. The van der Waals surface area contributed by atoms with Crippen molar-refractivity contribution in [2.45, 2.75) is 11.8 Å². The summed E-state index contributed by atoms with van der Waals surface area (Å²) in [5, 5.41) is 0. The van der Waals surface area contributed by atoms with Crippen LogP contribution >= 0.6 is 0 Å². The third-order valence-electron chi connectivity index (χ3n) is 3.00. The zero-order valence-corrected chi connectivity index (χ0v) is 7.22. The Balaban J connectivity index is 2.04. The third kappa shape index (κ3) is 0.886. The van der Waals surface area contributed by atoms with Gasteiger partial charge in [-0.25, -0.2) is 0 Å². The number of pyridine rings is 1. The summed E-state index contributed by atoms with van der Waals surface area (Å²) in [6, 6.07) is 4.20. The first-order valence-electron chi connectivity index (χ1n) is 4.53. The van der Waals surface area contributed by atoms with Crippen LogP contribution in [0.1, 0.15) is 12.0 Å². The minimum absolute atomic E-state index is 0.269. The summed E-state index contributed by atoms with van der Waals surface area (Å²) < 4.78 is 0. The standard InChI is InChI=1S/C11H10N2/c1-4-12-5-2-9(1)11-3-6-13-8-10(11)7-11/h1-6,8,10H,7H2. The molecule has 2 aliphatic rings. The molecular formula is C11H10N2. The number of nitrogens with zero attached hydrogens (tertiary/aromatic N) is 2. The molecule has 2 heterocycles. The first-order valence-corrected chi connectivity index (χ1v) is 4.53. The summed E-state index contributed by atoms with van der Waals surface area (Å²) >= 11 is 0. The fourth-order valence-electron chi connectivity index (χ4n) is 2.10. The van der Waals surface area contributed by atoms with Gasteiger partial charge in [0.15, 0.2) is 0 Å². The van der Waals surface area contributed by atoms with E-state index < -0.39 is 0 Å². The molecule has 0 N–H and O–H groups in total. The van der Waals surface area contributed by atoms with E-state index in [1.807, 2.05) is 18.6 Å². The van der Waals surface area contributed by atoms with Crippen LogP contribution in [0.5, 0.6) is 0 Å². The second-order valence-corrected chi connectivity index (χ2v) is 3.70. The molecular weight excluding hydrogens is 160 g/mol. The zero-order valence-electron chi connectivity index (χ0n) is 7.22. The van der Waals surface area contributed by atoms with E-state index in [0.717, 1.165) is 0 Å². The summed E-state index contributed by atoms with van der Waals surface area (Å²) in [5.41, 5.74) is 1.64. The van der Waals surface area contributed by atoms with Crippen LogP contribution in [0.4, 0.5) is 0 Å². The van der Waals surface area contributed by atoms with E-state index in [0.29, 0.717) is 5.92 Å². The Labute approximate surface area is 77.0 Å². The number of aromatic nitrogens is 1. The summed E-state index contributed by atoms with van der Waals surface area (Å²) in [6.45, 7) is 0. The zero-order chi connectivity index (χ0) is 8.73. The molecule has 0 aromatic carbocycles. The van der Waals surface area contributed by atoms with Gasteiger partial charge in [-0.3, -0.25) is 9.98 Å². The van der Waals surface area contributed by atoms with Crippen LogP contribution in [-0.4, -0.2) is 11.2 Å².